The van der Waals surface area contributed by atoms with E-state index in [4.69, 9.17) is 33.2 Å². The van der Waals surface area contributed by atoms with Crippen molar-refractivity contribution in [1.29, 1.82) is 0 Å². The Balaban J connectivity index is 1.13. The molecule has 7 aliphatic rings. The summed E-state index contributed by atoms with van der Waals surface area (Å²) in [4.78, 5) is 38.2. The number of hydrogen-bond acceptors (Lipinski definition) is 16. The largest absolute Gasteiger partial charge is 0.465 e. The van der Waals surface area contributed by atoms with E-state index in [2.05, 4.69) is 34.6 Å². The highest BCUT2D eigenvalue weighted by molar-refractivity contribution is 5.74. The average molecular weight is 855 g/mol. The Hall–Kier alpha value is -1.99. The quantitative estimate of drug-likeness (QED) is 0.105. The lowest BCUT2D eigenvalue weighted by Gasteiger charge is -2.70. The number of carbonyl (C=O) groups is 3. The van der Waals surface area contributed by atoms with Crippen LogP contribution in [0.2, 0.25) is 0 Å². The first-order valence-corrected chi connectivity index (χ1v) is 22.3. The summed E-state index contributed by atoms with van der Waals surface area (Å²) >= 11 is 0. The first kappa shape index (κ1) is 46.0. The maximum Gasteiger partial charge on any atom is 0.309 e. The molecule has 342 valence electrons. The van der Waals surface area contributed by atoms with Gasteiger partial charge < -0.3 is 63.8 Å². The molecule has 0 bridgehead atoms. The molecule has 7 fully saturated rings. The Morgan fingerprint density at radius 1 is 0.850 bits per heavy atom. The van der Waals surface area contributed by atoms with E-state index in [0.29, 0.717) is 25.9 Å². The Kier molecular flexibility index (Phi) is 12.9. The van der Waals surface area contributed by atoms with Gasteiger partial charge >= 0.3 is 17.9 Å². The van der Waals surface area contributed by atoms with Gasteiger partial charge in [-0.3, -0.25) is 14.4 Å². The van der Waals surface area contributed by atoms with E-state index in [-0.39, 0.29) is 64.9 Å². The molecule has 7 rings (SSSR count). The van der Waals surface area contributed by atoms with Crippen LogP contribution >= 0.6 is 0 Å². The highest BCUT2D eigenvalue weighted by atomic mass is 16.8. The fraction of sp³-hybridized carbons (Fsp3) is 0.932. The smallest absolute Gasteiger partial charge is 0.309 e. The van der Waals surface area contributed by atoms with E-state index in [0.717, 1.165) is 32.1 Å². The number of ether oxygens (including phenoxy) is 7. The van der Waals surface area contributed by atoms with E-state index in [1.807, 2.05) is 6.92 Å². The minimum Gasteiger partial charge on any atom is -0.465 e. The number of fused-ring (bicyclic) bond motifs is 4. The second-order valence-corrected chi connectivity index (χ2v) is 20.7. The molecule has 1 spiro atoms. The predicted molar refractivity (Wildman–Crippen MR) is 209 cm³/mol. The number of aliphatic hydroxyl groups excluding tert-OH is 6. The zero-order chi connectivity index (χ0) is 43.9. The van der Waals surface area contributed by atoms with E-state index < -0.39 is 97.0 Å². The van der Waals surface area contributed by atoms with Crippen LogP contribution in [0.15, 0.2) is 0 Å². The highest BCUT2D eigenvalue weighted by Gasteiger charge is 2.71. The summed E-state index contributed by atoms with van der Waals surface area (Å²) in [6.07, 6.45) is -9.45. The molecule has 4 saturated heterocycles. The Morgan fingerprint density at radius 3 is 2.18 bits per heavy atom. The second kappa shape index (κ2) is 16.9. The fourth-order valence-corrected chi connectivity index (χ4v) is 13.8. The van der Waals surface area contributed by atoms with Crippen LogP contribution in [0, 0.1) is 51.2 Å². The van der Waals surface area contributed by atoms with Gasteiger partial charge in [0.25, 0.3) is 0 Å². The van der Waals surface area contributed by atoms with Crippen LogP contribution in [0.3, 0.4) is 0 Å². The zero-order valence-corrected chi connectivity index (χ0v) is 36.4. The highest BCUT2D eigenvalue weighted by Crippen LogP contribution is 2.74. The third kappa shape index (κ3) is 7.63. The molecule has 0 aromatic rings. The second-order valence-electron chi connectivity index (χ2n) is 20.7. The number of esters is 3. The van der Waals surface area contributed by atoms with Gasteiger partial charge in [-0.15, -0.1) is 0 Å². The van der Waals surface area contributed by atoms with Crippen LogP contribution in [0.5, 0.6) is 0 Å². The molecule has 4 heterocycles. The van der Waals surface area contributed by atoms with Crippen molar-refractivity contribution in [1.82, 2.24) is 0 Å². The molecule has 21 atom stereocenters. The predicted octanol–water partition coefficient (Wildman–Crippen LogP) is 2.13. The summed E-state index contributed by atoms with van der Waals surface area (Å²) in [5.41, 5.74) is -1.48. The standard InChI is InChI=1S/C44H70O16/c1-20-15-24(57-38(20)53)16-26(56-23(4)46)21(2)25-9-10-29-42(7)13-12-30(41(5,6)28(42)11-14-43(29,8)44(25)17-31(47)54-19-44)59-40-37(35(51)33(49)27(18-45)58-40)60-39-36(52)34(50)32(48)22(3)55-39/h20-22,24-30,32-37,39-40,45,48-52H,9-19H2,1-8H3/t20?,21-,22+,24+,25?,26+,27-,28?,29?,30+,32+,33-,34-,35+,36-,37-,39+,40+,42+,43-,44+/m1/s1. The van der Waals surface area contributed by atoms with Gasteiger partial charge in [0.2, 0.25) is 0 Å². The summed E-state index contributed by atoms with van der Waals surface area (Å²) in [5, 5.41) is 63.8. The van der Waals surface area contributed by atoms with E-state index in [9.17, 15) is 45.0 Å². The van der Waals surface area contributed by atoms with Crippen LogP contribution in [0.4, 0.5) is 0 Å². The molecule has 0 aromatic carbocycles. The summed E-state index contributed by atoms with van der Waals surface area (Å²) < 4.78 is 42.2. The van der Waals surface area contributed by atoms with Gasteiger partial charge in [0.05, 0.1) is 37.8 Å². The van der Waals surface area contributed by atoms with Crippen LogP contribution in [-0.2, 0) is 47.5 Å². The summed E-state index contributed by atoms with van der Waals surface area (Å²) in [6.45, 7) is 15.6. The van der Waals surface area contributed by atoms with E-state index >= 15 is 0 Å². The topological polar surface area (TPSA) is 237 Å². The fourth-order valence-electron chi connectivity index (χ4n) is 13.8. The molecule has 3 aliphatic carbocycles. The number of rotatable bonds is 10. The van der Waals surface area contributed by atoms with E-state index in [1.165, 1.54) is 13.8 Å². The molecular weight excluding hydrogens is 784 g/mol. The maximum atomic E-state index is 13.3. The van der Waals surface area contributed by atoms with Crippen molar-refractivity contribution in [2.45, 2.75) is 193 Å². The molecule has 4 aliphatic heterocycles. The van der Waals surface area contributed by atoms with Crippen molar-refractivity contribution in [2.75, 3.05) is 13.2 Å². The molecule has 0 amide bonds. The Labute approximate surface area is 352 Å². The van der Waals surface area contributed by atoms with Gasteiger partial charge in [-0.25, -0.2) is 0 Å². The summed E-state index contributed by atoms with van der Waals surface area (Å²) in [7, 11) is 0. The van der Waals surface area contributed by atoms with Crippen molar-refractivity contribution in [3.63, 3.8) is 0 Å². The summed E-state index contributed by atoms with van der Waals surface area (Å²) in [5.74, 6) is -0.856. The molecule has 16 nitrogen and oxygen atoms in total. The van der Waals surface area contributed by atoms with Crippen LogP contribution in [0.25, 0.3) is 0 Å². The molecule has 4 unspecified atom stereocenters. The van der Waals surface area contributed by atoms with Gasteiger partial charge in [0, 0.05) is 18.8 Å². The van der Waals surface area contributed by atoms with Gasteiger partial charge in [-0.05, 0) is 91.8 Å². The Morgan fingerprint density at radius 2 is 1.57 bits per heavy atom. The summed E-state index contributed by atoms with van der Waals surface area (Å²) in [6, 6.07) is 0. The van der Waals surface area contributed by atoms with Crippen molar-refractivity contribution in [2.24, 2.45) is 51.2 Å². The van der Waals surface area contributed by atoms with Gasteiger partial charge in [-0.1, -0.05) is 41.5 Å². The third-order valence-corrected chi connectivity index (χ3v) is 17.1. The molecule has 16 heteroatoms. The van der Waals surface area contributed by atoms with Crippen molar-refractivity contribution in [3.05, 3.63) is 0 Å². The minimum absolute atomic E-state index is 0.00225. The van der Waals surface area contributed by atoms with Crippen molar-refractivity contribution < 1.29 is 78.2 Å². The number of cyclic esters (lactones) is 2. The lowest BCUT2D eigenvalue weighted by atomic mass is 9.34. The molecule has 6 N–H and O–H groups in total. The SMILES string of the molecule is CC(=O)O[C@@H](C[C@@H]1CC(C)C(=O)O1)[C@H](C)C1CCC2[C@@]3(C)CC[C@H](O[C@@H]4O[C@H](CO)[C@@H](O)[C@H](O)[C@H]4O[C@@H]4O[C@@H](C)[C@H](O)[C@@H](O)[C@H]4O)C(C)(C)C3CC[C@@]2(C)[C@@]12COC(=O)C2. The van der Waals surface area contributed by atoms with Gasteiger partial charge in [-0.2, -0.15) is 0 Å². The van der Waals surface area contributed by atoms with Crippen LogP contribution in [0.1, 0.15) is 113 Å². The van der Waals surface area contributed by atoms with Gasteiger partial charge in [0.1, 0.15) is 54.9 Å². The van der Waals surface area contributed by atoms with Crippen molar-refractivity contribution >= 4 is 17.9 Å². The first-order valence-electron chi connectivity index (χ1n) is 22.3. The van der Waals surface area contributed by atoms with Gasteiger partial charge in [0.15, 0.2) is 12.6 Å². The molecule has 60 heavy (non-hydrogen) atoms. The third-order valence-electron chi connectivity index (χ3n) is 17.1. The first-order chi connectivity index (χ1) is 28.1. The Bertz CT molecular complexity index is 1590. The minimum atomic E-state index is -1.68. The molecule has 0 aromatic heterocycles. The lowest BCUT2D eigenvalue weighted by molar-refractivity contribution is -0.376. The van der Waals surface area contributed by atoms with Crippen molar-refractivity contribution in [3.8, 4) is 0 Å². The van der Waals surface area contributed by atoms with Crippen LogP contribution in [-0.4, -0.2) is 141 Å². The molecular formula is C44H70O16. The van der Waals surface area contributed by atoms with E-state index in [1.54, 1.807) is 0 Å². The monoisotopic (exact) mass is 854 g/mol. The number of hydrogen-bond donors (Lipinski definition) is 6. The average Bonchev–Trinajstić information content (AvgIpc) is 3.73. The maximum absolute atomic E-state index is 13.3. The normalized spacial score (nSPS) is 50.0. The lowest BCUT2D eigenvalue weighted by Crippen LogP contribution is -2.67. The number of carbonyl (C=O) groups excluding carboxylic acids is 3. The molecule has 3 saturated carbocycles. The number of aliphatic hydroxyl groups is 6. The molecule has 0 radical (unpaired) electrons. The zero-order valence-electron chi connectivity index (χ0n) is 36.4. The van der Waals surface area contributed by atoms with Crippen LogP contribution < -0.4 is 0 Å².